The average molecular weight is 618 g/mol. The lowest BCUT2D eigenvalue weighted by Gasteiger charge is -2.34. The molecule has 11 heteroatoms. The number of H-pyrrole nitrogens is 1. The van der Waals surface area contributed by atoms with E-state index in [0.717, 1.165) is 29.8 Å². The Morgan fingerprint density at radius 1 is 1.00 bits per heavy atom. The molecule has 2 aliphatic heterocycles. The Morgan fingerprint density at radius 2 is 1.68 bits per heavy atom. The molecule has 5 rings (SSSR count). The summed E-state index contributed by atoms with van der Waals surface area (Å²) in [7, 11) is -3.69. The molecule has 3 amide bonds. The van der Waals surface area contributed by atoms with Crippen LogP contribution in [0.3, 0.4) is 0 Å². The van der Waals surface area contributed by atoms with Crippen LogP contribution in [0.15, 0.2) is 41.3 Å². The number of piperazine rings is 1. The first-order chi connectivity index (χ1) is 20.9. The highest BCUT2D eigenvalue weighted by Crippen LogP contribution is 2.36. The number of nitrogens with zero attached hydrogens (tertiary/aromatic N) is 2. The number of aromatic nitrogens is 1. The quantitative estimate of drug-likeness (QED) is 0.331. The summed E-state index contributed by atoms with van der Waals surface area (Å²) in [5, 5.41) is 5.82. The number of hydrogen-bond acceptors (Lipinski definition) is 6. The monoisotopic (exact) mass is 617 g/mol. The van der Waals surface area contributed by atoms with Crippen LogP contribution >= 0.6 is 0 Å². The number of aryl methyl sites for hydroxylation is 3. The zero-order valence-corrected chi connectivity index (χ0v) is 26.7. The van der Waals surface area contributed by atoms with Gasteiger partial charge in [0, 0.05) is 68.8 Å². The summed E-state index contributed by atoms with van der Waals surface area (Å²) >= 11 is 0. The first-order valence-corrected chi connectivity index (χ1v) is 16.4. The Hall–Kier alpha value is -4.22. The molecule has 1 saturated heterocycles. The zero-order valence-electron chi connectivity index (χ0n) is 25.8. The van der Waals surface area contributed by atoms with Gasteiger partial charge in [-0.3, -0.25) is 19.3 Å². The first-order valence-electron chi connectivity index (χ1n) is 14.8. The SMILES string of the molecule is CC(=O)N1CCN(CCNC(=O)c2c(C)[nH]c(/C=C3\C(=O)Nc4ccc(S(=O)(=O)Cc5c(C)cccc5C)cc43)c2C)CC1. The third-order valence-corrected chi connectivity index (χ3v) is 10.3. The second-order valence-electron chi connectivity index (χ2n) is 11.6. The van der Waals surface area contributed by atoms with E-state index >= 15 is 0 Å². The fraction of sp³-hybridized carbons (Fsp3) is 0.364. The lowest BCUT2D eigenvalue weighted by Crippen LogP contribution is -2.49. The predicted molar refractivity (Wildman–Crippen MR) is 171 cm³/mol. The molecule has 1 fully saturated rings. The van der Waals surface area contributed by atoms with Gasteiger partial charge in [0.1, 0.15) is 0 Å². The largest absolute Gasteiger partial charge is 0.358 e. The molecule has 0 spiro atoms. The molecule has 232 valence electrons. The highest BCUT2D eigenvalue weighted by atomic mass is 32.2. The number of aromatic amines is 1. The second kappa shape index (κ2) is 12.4. The van der Waals surface area contributed by atoms with Crippen molar-refractivity contribution in [2.24, 2.45) is 0 Å². The molecule has 3 heterocycles. The standard InChI is InChI=1S/C33H39N5O5S/c1-20-7-6-8-21(2)28(20)19-44(42,43)25-9-10-29-26(17-25)27(32(40)36-29)18-30-22(3)31(23(4)35-30)33(41)34-11-12-37-13-15-38(16-14-37)24(5)39/h6-10,17-18,35H,11-16,19H2,1-5H3,(H,34,41)(H,36,40)/b27-18-. The van der Waals surface area contributed by atoms with Gasteiger partial charge in [0.15, 0.2) is 9.84 Å². The van der Waals surface area contributed by atoms with E-state index in [1.807, 2.05) is 50.8 Å². The van der Waals surface area contributed by atoms with Crippen LogP contribution in [-0.4, -0.2) is 80.2 Å². The molecule has 0 unspecified atom stereocenters. The predicted octanol–water partition coefficient (Wildman–Crippen LogP) is 3.61. The van der Waals surface area contributed by atoms with Crippen LogP contribution in [-0.2, 0) is 25.2 Å². The smallest absolute Gasteiger partial charge is 0.256 e. The van der Waals surface area contributed by atoms with Gasteiger partial charge in [0.25, 0.3) is 11.8 Å². The molecule has 3 N–H and O–H groups in total. The van der Waals surface area contributed by atoms with Crippen molar-refractivity contribution in [3.8, 4) is 0 Å². The van der Waals surface area contributed by atoms with Crippen molar-refractivity contribution in [3.05, 3.63) is 81.2 Å². The molecule has 1 aromatic heterocycles. The van der Waals surface area contributed by atoms with E-state index in [0.29, 0.717) is 65.5 Å². The first kappa shape index (κ1) is 31.2. The Balaban J connectivity index is 1.33. The summed E-state index contributed by atoms with van der Waals surface area (Å²) in [6.45, 7) is 13.1. The van der Waals surface area contributed by atoms with Gasteiger partial charge in [-0.1, -0.05) is 18.2 Å². The Kier molecular flexibility index (Phi) is 8.80. The summed E-state index contributed by atoms with van der Waals surface area (Å²) in [5.41, 5.74) is 6.45. The lowest BCUT2D eigenvalue weighted by atomic mass is 10.0. The summed E-state index contributed by atoms with van der Waals surface area (Å²) in [5.74, 6) is -0.599. The average Bonchev–Trinajstić information content (AvgIpc) is 3.44. The van der Waals surface area contributed by atoms with Crippen molar-refractivity contribution in [3.63, 3.8) is 0 Å². The molecule has 10 nitrogen and oxygen atoms in total. The highest BCUT2D eigenvalue weighted by Gasteiger charge is 2.28. The second-order valence-corrected chi connectivity index (χ2v) is 13.6. The summed E-state index contributed by atoms with van der Waals surface area (Å²) in [4.78, 5) is 45.2. The van der Waals surface area contributed by atoms with Crippen molar-refractivity contribution >= 4 is 44.9 Å². The van der Waals surface area contributed by atoms with Gasteiger partial charge in [-0.05, 0) is 74.2 Å². The minimum absolute atomic E-state index is 0.0828. The lowest BCUT2D eigenvalue weighted by molar-refractivity contribution is -0.130. The van der Waals surface area contributed by atoms with Gasteiger partial charge >= 0.3 is 0 Å². The highest BCUT2D eigenvalue weighted by molar-refractivity contribution is 7.90. The molecule has 3 aromatic rings. The number of nitrogens with one attached hydrogen (secondary N) is 3. The molecule has 0 atom stereocenters. The molecular formula is C33H39N5O5S. The van der Waals surface area contributed by atoms with Crippen molar-refractivity contribution in [1.82, 2.24) is 20.1 Å². The maximum atomic E-state index is 13.5. The number of anilines is 1. The van der Waals surface area contributed by atoms with Crippen molar-refractivity contribution in [2.45, 2.75) is 45.3 Å². The number of carbonyl (C=O) groups excluding carboxylic acids is 3. The molecule has 44 heavy (non-hydrogen) atoms. The molecular weight excluding hydrogens is 578 g/mol. The molecule has 0 bridgehead atoms. The number of benzene rings is 2. The Bertz CT molecular complexity index is 1760. The molecule has 0 aliphatic carbocycles. The summed E-state index contributed by atoms with van der Waals surface area (Å²) in [6, 6.07) is 10.4. The number of rotatable bonds is 8. The van der Waals surface area contributed by atoms with E-state index in [4.69, 9.17) is 0 Å². The van der Waals surface area contributed by atoms with Crippen LogP contribution < -0.4 is 10.6 Å². The van der Waals surface area contributed by atoms with Crippen LogP contribution in [0.5, 0.6) is 0 Å². The van der Waals surface area contributed by atoms with Gasteiger partial charge in [-0.15, -0.1) is 0 Å². The number of fused-ring (bicyclic) bond motifs is 1. The third kappa shape index (κ3) is 6.34. The fourth-order valence-electron chi connectivity index (χ4n) is 5.96. The van der Waals surface area contributed by atoms with Crippen LogP contribution in [0.1, 0.15) is 56.5 Å². The molecule has 0 radical (unpaired) electrons. The van der Waals surface area contributed by atoms with Crippen LogP contribution in [0.4, 0.5) is 5.69 Å². The van der Waals surface area contributed by atoms with Crippen LogP contribution in [0.2, 0.25) is 0 Å². The summed E-state index contributed by atoms with van der Waals surface area (Å²) in [6.07, 6.45) is 1.68. The van der Waals surface area contributed by atoms with Gasteiger partial charge in [0.2, 0.25) is 5.91 Å². The van der Waals surface area contributed by atoms with E-state index in [9.17, 15) is 22.8 Å². The van der Waals surface area contributed by atoms with E-state index in [2.05, 4.69) is 20.5 Å². The van der Waals surface area contributed by atoms with Crippen LogP contribution in [0, 0.1) is 27.7 Å². The minimum Gasteiger partial charge on any atom is -0.358 e. The Morgan fingerprint density at radius 3 is 2.34 bits per heavy atom. The topological polar surface area (TPSA) is 132 Å². The van der Waals surface area contributed by atoms with Crippen LogP contribution in [0.25, 0.3) is 11.6 Å². The van der Waals surface area contributed by atoms with Gasteiger partial charge < -0.3 is 20.5 Å². The van der Waals surface area contributed by atoms with Crippen molar-refractivity contribution in [1.29, 1.82) is 0 Å². The van der Waals surface area contributed by atoms with E-state index < -0.39 is 9.84 Å². The summed E-state index contributed by atoms with van der Waals surface area (Å²) < 4.78 is 26.9. The maximum Gasteiger partial charge on any atom is 0.256 e. The number of amides is 3. The molecule has 0 saturated carbocycles. The molecule has 2 aliphatic rings. The fourth-order valence-corrected chi connectivity index (χ4v) is 7.53. The normalized spacial score (nSPS) is 16.2. The van der Waals surface area contributed by atoms with Crippen molar-refractivity contribution < 1.29 is 22.8 Å². The van der Waals surface area contributed by atoms with E-state index in [1.165, 1.54) is 6.07 Å². The van der Waals surface area contributed by atoms with Gasteiger partial charge in [0.05, 0.1) is 21.8 Å². The van der Waals surface area contributed by atoms with E-state index in [1.54, 1.807) is 25.1 Å². The van der Waals surface area contributed by atoms with Gasteiger partial charge in [-0.2, -0.15) is 0 Å². The Labute approximate surface area is 258 Å². The number of carbonyl (C=O) groups is 3. The maximum absolute atomic E-state index is 13.5. The van der Waals surface area contributed by atoms with Crippen molar-refractivity contribution in [2.75, 3.05) is 44.6 Å². The van der Waals surface area contributed by atoms with E-state index in [-0.39, 0.29) is 28.4 Å². The third-order valence-electron chi connectivity index (χ3n) is 8.64. The molecule has 2 aromatic carbocycles. The zero-order chi connectivity index (χ0) is 31.8. The van der Waals surface area contributed by atoms with Gasteiger partial charge in [-0.25, -0.2) is 8.42 Å². The number of hydrogen-bond donors (Lipinski definition) is 3. The number of sulfone groups is 1. The minimum atomic E-state index is -3.69.